The summed E-state index contributed by atoms with van der Waals surface area (Å²) in [5, 5.41) is 11.1. The summed E-state index contributed by atoms with van der Waals surface area (Å²) in [6.07, 6.45) is 4.75. The van der Waals surface area contributed by atoms with Crippen LogP contribution in [0.5, 0.6) is 0 Å². The van der Waals surface area contributed by atoms with Crippen LogP contribution < -0.4 is 5.32 Å². The molecule has 0 aliphatic carbocycles. The van der Waals surface area contributed by atoms with Gasteiger partial charge in [0.05, 0.1) is 18.6 Å². The minimum atomic E-state index is 0.158. The normalized spacial score (nSPS) is 12.3. The third kappa shape index (κ3) is 2.42. The quantitative estimate of drug-likeness (QED) is 0.780. The lowest BCUT2D eigenvalue weighted by atomic mass is 10.1. The summed E-state index contributed by atoms with van der Waals surface area (Å²) in [5.74, 6) is 0.518. The van der Waals surface area contributed by atoms with Gasteiger partial charge in [-0.1, -0.05) is 6.07 Å². The zero-order valence-electron chi connectivity index (χ0n) is 11.3. The van der Waals surface area contributed by atoms with Crippen LogP contribution >= 0.6 is 0 Å². The number of nitrogens with zero attached hydrogens (tertiary/aromatic N) is 2. The predicted octanol–water partition coefficient (Wildman–Crippen LogP) is 3.81. The Balaban J connectivity index is 1.87. The monoisotopic (exact) mass is 269 g/mol. The maximum Gasteiger partial charge on any atom is 0.247 e. The number of aryl methyl sites for hydroxylation is 1. The van der Waals surface area contributed by atoms with Gasteiger partial charge in [-0.2, -0.15) is 0 Å². The van der Waals surface area contributed by atoms with Crippen LogP contribution in [0.25, 0.3) is 11.5 Å². The number of nitrogens with one attached hydrogen (secondary N) is 1. The average molecular weight is 269 g/mol. The smallest absolute Gasteiger partial charge is 0.247 e. The molecule has 1 aromatic carbocycles. The van der Waals surface area contributed by atoms with Crippen LogP contribution in [-0.4, -0.2) is 10.2 Å². The van der Waals surface area contributed by atoms with E-state index in [1.165, 1.54) is 6.39 Å². The molecule has 0 saturated carbocycles. The van der Waals surface area contributed by atoms with E-state index in [1.807, 2.05) is 24.3 Å². The Morgan fingerprint density at radius 3 is 2.85 bits per heavy atom. The average Bonchev–Trinajstić information content (AvgIpc) is 3.14. The molecule has 0 fully saturated rings. The molecule has 0 aliphatic rings. The lowest BCUT2D eigenvalue weighted by Gasteiger charge is -2.16. The first-order chi connectivity index (χ1) is 9.74. The molecular weight excluding hydrogens is 254 g/mol. The van der Waals surface area contributed by atoms with E-state index in [-0.39, 0.29) is 6.04 Å². The topological polar surface area (TPSA) is 64.1 Å². The predicted molar refractivity (Wildman–Crippen MR) is 75.2 cm³/mol. The van der Waals surface area contributed by atoms with Crippen LogP contribution in [0.4, 0.5) is 5.69 Å². The van der Waals surface area contributed by atoms with Crippen LogP contribution in [0, 0.1) is 6.92 Å². The number of anilines is 1. The second-order valence-corrected chi connectivity index (χ2v) is 4.70. The number of hydrogen-bond acceptors (Lipinski definition) is 5. The summed E-state index contributed by atoms with van der Waals surface area (Å²) in [6.45, 7) is 4.14. The molecule has 0 radical (unpaired) electrons. The fourth-order valence-corrected chi connectivity index (χ4v) is 2.05. The fourth-order valence-electron chi connectivity index (χ4n) is 2.05. The van der Waals surface area contributed by atoms with Gasteiger partial charge in [0.1, 0.15) is 0 Å². The minimum absolute atomic E-state index is 0.158. The van der Waals surface area contributed by atoms with Crippen molar-refractivity contribution in [3.8, 4) is 11.5 Å². The molecule has 3 aromatic rings. The third-order valence-corrected chi connectivity index (χ3v) is 3.26. The van der Waals surface area contributed by atoms with Crippen LogP contribution in [-0.2, 0) is 0 Å². The first-order valence-corrected chi connectivity index (χ1v) is 6.40. The third-order valence-electron chi connectivity index (χ3n) is 3.26. The maximum absolute atomic E-state index is 5.23. The van der Waals surface area contributed by atoms with E-state index in [1.54, 1.807) is 12.5 Å². The minimum Gasteiger partial charge on any atom is -0.472 e. The highest BCUT2D eigenvalue weighted by atomic mass is 16.4. The van der Waals surface area contributed by atoms with Crippen LogP contribution in [0.2, 0.25) is 0 Å². The number of furan rings is 1. The Morgan fingerprint density at radius 1 is 1.25 bits per heavy atom. The van der Waals surface area contributed by atoms with Crippen molar-refractivity contribution >= 4 is 5.69 Å². The Bertz CT molecular complexity index is 675. The summed E-state index contributed by atoms with van der Waals surface area (Å²) in [4.78, 5) is 0. The Hall–Kier alpha value is -2.56. The van der Waals surface area contributed by atoms with E-state index < -0.39 is 0 Å². The largest absolute Gasteiger partial charge is 0.472 e. The molecule has 0 bridgehead atoms. The SMILES string of the molecule is Cc1ccc(-c2nnco2)cc1NC(C)c1ccoc1. The molecule has 1 unspecified atom stereocenters. The van der Waals surface area contributed by atoms with Crippen molar-refractivity contribution in [1.82, 2.24) is 10.2 Å². The summed E-state index contributed by atoms with van der Waals surface area (Å²) in [5.41, 5.74) is 4.19. The first kappa shape index (κ1) is 12.5. The van der Waals surface area contributed by atoms with Gasteiger partial charge < -0.3 is 14.2 Å². The molecule has 1 atom stereocenters. The summed E-state index contributed by atoms with van der Waals surface area (Å²) < 4.78 is 10.3. The van der Waals surface area contributed by atoms with E-state index in [2.05, 4.69) is 29.4 Å². The van der Waals surface area contributed by atoms with Crippen molar-refractivity contribution in [3.63, 3.8) is 0 Å². The molecule has 0 aliphatic heterocycles. The number of benzene rings is 1. The molecule has 2 aromatic heterocycles. The van der Waals surface area contributed by atoms with Crippen LogP contribution in [0.1, 0.15) is 24.1 Å². The Labute approximate surface area is 116 Å². The van der Waals surface area contributed by atoms with Gasteiger partial charge in [-0.25, -0.2) is 0 Å². The van der Waals surface area contributed by atoms with Gasteiger partial charge in [-0.15, -0.1) is 10.2 Å². The van der Waals surface area contributed by atoms with E-state index in [0.717, 1.165) is 22.4 Å². The molecular formula is C15H15N3O2. The van der Waals surface area contributed by atoms with Crippen molar-refractivity contribution in [2.24, 2.45) is 0 Å². The van der Waals surface area contributed by atoms with Crippen molar-refractivity contribution in [2.75, 3.05) is 5.32 Å². The van der Waals surface area contributed by atoms with Gasteiger partial charge in [-0.3, -0.25) is 0 Å². The summed E-state index contributed by atoms with van der Waals surface area (Å²) in [6, 6.07) is 8.12. The lowest BCUT2D eigenvalue weighted by molar-refractivity contribution is 0.562. The van der Waals surface area contributed by atoms with Gasteiger partial charge in [-0.05, 0) is 37.6 Å². The van der Waals surface area contributed by atoms with E-state index in [4.69, 9.17) is 8.83 Å². The maximum atomic E-state index is 5.23. The van der Waals surface area contributed by atoms with E-state index in [9.17, 15) is 0 Å². The van der Waals surface area contributed by atoms with Crippen molar-refractivity contribution in [1.29, 1.82) is 0 Å². The van der Waals surface area contributed by atoms with Crippen molar-refractivity contribution in [3.05, 3.63) is 54.3 Å². The van der Waals surface area contributed by atoms with Gasteiger partial charge in [0.25, 0.3) is 0 Å². The van der Waals surface area contributed by atoms with Gasteiger partial charge in [0.2, 0.25) is 12.3 Å². The molecule has 0 saturated heterocycles. The second kappa shape index (κ2) is 5.21. The highest BCUT2D eigenvalue weighted by Gasteiger charge is 2.10. The fraction of sp³-hybridized carbons (Fsp3) is 0.200. The first-order valence-electron chi connectivity index (χ1n) is 6.40. The number of hydrogen-bond donors (Lipinski definition) is 1. The Morgan fingerprint density at radius 2 is 2.15 bits per heavy atom. The molecule has 5 heteroatoms. The Kier molecular flexibility index (Phi) is 3.25. The molecule has 5 nitrogen and oxygen atoms in total. The number of aromatic nitrogens is 2. The van der Waals surface area contributed by atoms with Crippen molar-refractivity contribution < 1.29 is 8.83 Å². The van der Waals surface area contributed by atoms with E-state index >= 15 is 0 Å². The van der Waals surface area contributed by atoms with Crippen molar-refractivity contribution in [2.45, 2.75) is 19.9 Å². The van der Waals surface area contributed by atoms with Gasteiger partial charge >= 0.3 is 0 Å². The molecule has 0 spiro atoms. The molecule has 0 amide bonds. The molecule has 20 heavy (non-hydrogen) atoms. The highest BCUT2D eigenvalue weighted by molar-refractivity contribution is 5.64. The van der Waals surface area contributed by atoms with Gasteiger partial charge in [0, 0.05) is 16.8 Å². The molecule has 102 valence electrons. The zero-order chi connectivity index (χ0) is 13.9. The molecule has 2 heterocycles. The summed E-state index contributed by atoms with van der Waals surface area (Å²) >= 11 is 0. The lowest BCUT2D eigenvalue weighted by Crippen LogP contribution is -2.06. The van der Waals surface area contributed by atoms with Crippen LogP contribution in [0.15, 0.2) is 52.0 Å². The van der Waals surface area contributed by atoms with E-state index in [0.29, 0.717) is 5.89 Å². The summed E-state index contributed by atoms with van der Waals surface area (Å²) in [7, 11) is 0. The molecule has 3 rings (SSSR count). The zero-order valence-corrected chi connectivity index (χ0v) is 11.3. The van der Waals surface area contributed by atoms with Gasteiger partial charge in [0.15, 0.2) is 0 Å². The highest BCUT2D eigenvalue weighted by Crippen LogP contribution is 2.27. The van der Waals surface area contributed by atoms with Crippen LogP contribution in [0.3, 0.4) is 0 Å². The standard InChI is InChI=1S/C15H15N3O2/c1-10-3-4-12(15-18-16-9-20-15)7-14(10)17-11(2)13-5-6-19-8-13/h3-9,11,17H,1-2H3. The molecule has 1 N–H and O–H groups in total. The number of rotatable bonds is 4. The second-order valence-electron chi connectivity index (χ2n) is 4.70.